The maximum Gasteiger partial charge on any atom is 0.412 e. The molecular weight excluding hydrogens is 308 g/mol. The van der Waals surface area contributed by atoms with Crippen molar-refractivity contribution in [3.8, 4) is 11.8 Å². The quantitative estimate of drug-likeness (QED) is 0.564. The molecule has 130 valence electrons. The lowest BCUT2D eigenvalue weighted by Crippen LogP contribution is -2.42. The zero-order valence-corrected chi connectivity index (χ0v) is 16.1. The third kappa shape index (κ3) is 4.36. The standard InChI is InChI=1S/C18H30N2O2S/c1-7-8-9-10-11-14-15-12-23-18(5,6)20(15)13-19(14)16(21)22-17(2,3)4/h14-15H,7-9,12-13H2,1-6H3/t14-,15-/m0/s1. The highest BCUT2D eigenvalue weighted by Crippen LogP contribution is 2.44. The predicted octanol–water partition coefficient (Wildman–Crippen LogP) is 3.91. The molecule has 2 fully saturated rings. The number of carbonyl (C=O) groups excluding carboxylic acids is 1. The van der Waals surface area contributed by atoms with E-state index in [1.165, 1.54) is 0 Å². The van der Waals surface area contributed by atoms with Gasteiger partial charge in [-0.15, -0.1) is 17.7 Å². The molecule has 2 atom stereocenters. The van der Waals surface area contributed by atoms with Gasteiger partial charge in [0.15, 0.2) is 0 Å². The van der Waals surface area contributed by atoms with E-state index < -0.39 is 5.60 Å². The Kier molecular flexibility index (Phi) is 5.58. The van der Waals surface area contributed by atoms with Gasteiger partial charge in [0.1, 0.15) is 11.6 Å². The first kappa shape index (κ1) is 18.5. The molecule has 1 amide bonds. The number of ether oxygens (including phenoxy) is 1. The third-order valence-corrected chi connectivity index (χ3v) is 5.69. The number of thioether (sulfide) groups is 1. The zero-order chi connectivity index (χ0) is 17.3. The minimum absolute atomic E-state index is 0.0464. The molecule has 0 N–H and O–H groups in total. The first-order chi connectivity index (χ1) is 10.7. The second-order valence-electron chi connectivity index (χ2n) is 7.76. The number of fused-ring (bicyclic) bond motifs is 1. The summed E-state index contributed by atoms with van der Waals surface area (Å²) in [4.78, 5) is 16.9. The largest absolute Gasteiger partial charge is 0.444 e. The van der Waals surface area contributed by atoms with Crippen molar-refractivity contribution in [3.05, 3.63) is 0 Å². The normalized spacial score (nSPS) is 26.6. The van der Waals surface area contributed by atoms with E-state index in [9.17, 15) is 4.79 Å². The fourth-order valence-electron chi connectivity index (χ4n) is 2.97. The van der Waals surface area contributed by atoms with Crippen molar-refractivity contribution in [2.75, 3.05) is 12.4 Å². The Morgan fingerprint density at radius 1 is 1.39 bits per heavy atom. The molecule has 2 rings (SSSR count). The van der Waals surface area contributed by atoms with Gasteiger partial charge in [-0.25, -0.2) is 4.79 Å². The van der Waals surface area contributed by atoms with E-state index in [0.29, 0.717) is 12.7 Å². The minimum atomic E-state index is -0.478. The number of nitrogens with zero attached hydrogens (tertiary/aromatic N) is 2. The van der Waals surface area contributed by atoms with Crippen LogP contribution in [0.5, 0.6) is 0 Å². The SMILES string of the molecule is CCCCC#C[C@H]1[C@@H]2CSC(C)(C)N2CN1C(=O)OC(C)(C)C. The molecule has 0 unspecified atom stereocenters. The topological polar surface area (TPSA) is 32.8 Å². The highest BCUT2D eigenvalue weighted by molar-refractivity contribution is 8.00. The van der Waals surface area contributed by atoms with Gasteiger partial charge in [-0.2, -0.15) is 0 Å². The Hall–Kier alpha value is -0.860. The molecule has 0 spiro atoms. The van der Waals surface area contributed by atoms with Crippen LogP contribution >= 0.6 is 11.8 Å². The Labute approximate surface area is 145 Å². The molecule has 0 saturated carbocycles. The van der Waals surface area contributed by atoms with Crippen LogP contribution in [0.3, 0.4) is 0 Å². The van der Waals surface area contributed by atoms with Gasteiger partial charge < -0.3 is 4.74 Å². The lowest BCUT2D eigenvalue weighted by Gasteiger charge is -2.30. The Morgan fingerprint density at radius 2 is 2.09 bits per heavy atom. The van der Waals surface area contributed by atoms with Gasteiger partial charge >= 0.3 is 6.09 Å². The molecule has 2 aliphatic heterocycles. The summed E-state index contributed by atoms with van der Waals surface area (Å²) < 4.78 is 5.60. The monoisotopic (exact) mass is 338 g/mol. The Bertz CT molecular complexity index is 501. The van der Waals surface area contributed by atoms with Crippen molar-refractivity contribution in [1.82, 2.24) is 9.80 Å². The number of unbranched alkanes of at least 4 members (excludes halogenated alkanes) is 2. The zero-order valence-electron chi connectivity index (χ0n) is 15.3. The molecule has 2 aliphatic rings. The molecule has 0 radical (unpaired) electrons. The molecule has 2 heterocycles. The average Bonchev–Trinajstić information content (AvgIpc) is 2.92. The number of amides is 1. The van der Waals surface area contributed by atoms with E-state index in [0.717, 1.165) is 25.0 Å². The molecule has 0 aromatic heterocycles. The van der Waals surface area contributed by atoms with Crippen LogP contribution in [-0.4, -0.2) is 50.9 Å². The highest BCUT2D eigenvalue weighted by Gasteiger charge is 2.52. The Morgan fingerprint density at radius 3 is 2.70 bits per heavy atom. The van der Waals surface area contributed by atoms with Crippen LogP contribution in [0.1, 0.15) is 60.8 Å². The van der Waals surface area contributed by atoms with Crippen LogP contribution in [0.4, 0.5) is 4.79 Å². The summed E-state index contributed by atoms with van der Waals surface area (Å²) in [5, 5.41) is 0. The average molecular weight is 339 g/mol. The lowest BCUT2D eigenvalue weighted by molar-refractivity contribution is 0.0224. The summed E-state index contributed by atoms with van der Waals surface area (Å²) in [7, 11) is 0. The molecule has 4 nitrogen and oxygen atoms in total. The number of hydrogen-bond donors (Lipinski definition) is 0. The number of rotatable bonds is 2. The Balaban J connectivity index is 2.17. The van der Waals surface area contributed by atoms with Crippen molar-refractivity contribution in [1.29, 1.82) is 0 Å². The summed E-state index contributed by atoms with van der Waals surface area (Å²) in [5.74, 6) is 7.66. The van der Waals surface area contributed by atoms with Crippen LogP contribution < -0.4 is 0 Å². The van der Waals surface area contributed by atoms with Gasteiger partial charge in [0.05, 0.1) is 17.6 Å². The predicted molar refractivity (Wildman–Crippen MR) is 96.2 cm³/mol. The van der Waals surface area contributed by atoms with Gasteiger partial charge in [0.2, 0.25) is 0 Å². The molecule has 0 aromatic carbocycles. The van der Waals surface area contributed by atoms with Crippen molar-refractivity contribution >= 4 is 17.9 Å². The van der Waals surface area contributed by atoms with E-state index in [1.807, 2.05) is 37.4 Å². The van der Waals surface area contributed by atoms with Crippen molar-refractivity contribution < 1.29 is 9.53 Å². The van der Waals surface area contributed by atoms with Crippen LogP contribution in [0.2, 0.25) is 0 Å². The maximum absolute atomic E-state index is 12.6. The summed E-state index contributed by atoms with van der Waals surface area (Å²) in [6.45, 7) is 12.9. The van der Waals surface area contributed by atoms with Crippen molar-refractivity contribution in [2.24, 2.45) is 0 Å². The van der Waals surface area contributed by atoms with Crippen molar-refractivity contribution in [2.45, 2.75) is 83.4 Å². The van der Waals surface area contributed by atoms with E-state index in [1.54, 1.807) is 0 Å². The van der Waals surface area contributed by atoms with Gasteiger partial charge in [0, 0.05) is 12.2 Å². The molecule has 0 aromatic rings. The summed E-state index contributed by atoms with van der Waals surface area (Å²) in [6.07, 6.45) is 2.91. The van der Waals surface area contributed by atoms with Gasteiger partial charge in [-0.1, -0.05) is 19.3 Å². The first-order valence-electron chi connectivity index (χ1n) is 8.54. The number of carbonyl (C=O) groups is 1. The molecule has 2 saturated heterocycles. The van der Waals surface area contributed by atoms with Crippen LogP contribution in [-0.2, 0) is 4.74 Å². The second kappa shape index (κ2) is 6.94. The summed E-state index contributed by atoms with van der Waals surface area (Å²) >= 11 is 1.95. The fourth-order valence-corrected chi connectivity index (χ4v) is 4.27. The third-order valence-electron chi connectivity index (χ3n) is 4.24. The van der Waals surface area contributed by atoms with E-state index in [4.69, 9.17) is 4.74 Å². The van der Waals surface area contributed by atoms with Crippen LogP contribution in [0.25, 0.3) is 0 Å². The number of hydrogen-bond acceptors (Lipinski definition) is 4. The highest BCUT2D eigenvalue weighted by atomic mass is 32.2. The smallest absolute Gasteiger partial charge is 0.412 e. The lowest BCUT2D eigenvalue weighted by atomic mass is 10.1. The molecule has 5 heteroatoms. The maximum atomic E-state index is 12.6. The van der Waals surface area contributed by atoms with Gasteiger partial charge in [-0.3, -0.25) is 9.80 Å². The molecule has 0 bridgehead atoms. The first-order valence-corrected chi connectivity index (χ1v) is 9.53. The van der Waals surface area contributed by atoms with E-state index in [2.05, 4.69) is 37.5 Å². The fraction of sp³-hybridized carbons (Fsp3) is 0.833. The van der Waals surface area contributed by atoms with Crippen LogP contribution in [0.15, 0.2) is 0 Å². The van der Waals surface area contributed by atoms with Gasteiger partial charge in [0.25, 0.3) is 0 Å². The van der Waals surface area contributed by atoms with Gasteiger partial charge in [-0.05, 0) is 41.0 Å². The molecule has 0 aliphatic carbocycles. The summed E-state index contributed by atoms with van der Waals surface area (Å²) in [6, 6.07) is 0.243. The minimum Gasteiger partial charge on any atom is -0.444 e. The van der Waals surface area contributed by atoms with Crippen LogP contribution in [0, 0.1) is 11.8 Å². The van der Waals surface area contributed by atoms with E-state index >= 15 is 0 Å². The van der Waals surface area contributed by atoms with E-state index in [-0.39, 0.29) is 17.0 Å². The van der Waals surface area contributed by atoms with Crippen molar-refractivity contribution in [3.63, 3.8) is 0 Å². The second-order valence-corrected chi connectivity index (χ2v) is 9.38. The summed E-state index contributed by atoms with van der Waals surface area (Å²) in [5.41, 5.74) is -0.478. The molecule has 23 heavy (non-hydrogen) atoms. The molecular formula is C18H30N2O2S.